The molecule has 1 aromatic carbocycles. The second kappa shape index (κ2) is 8.07. The lowest BCUT2D eigenvalue weighted by atomic mass is 10.1. The summed E-state index contributed by atoms with van der Waals surface area (Å²) < 4.78 is 11.4. The third kappa shape index (κ3) is 5.15. The topological polar surface area (TPSA) is 51.5 Å². The summed E-state index contributed by atoms with van der Waals surface area (Å²) in [5, 5.41) is 3.90. The summed E-state index contributed by atoms with van der Waals surface area (Å²) in [4.78, 5) is 12.6. The molecule has 2 rings (SSSR count). The van der Waals surface area contributed by atoms with E-state index in [1.165, 1.54) is 0 Å². The van der Waals surface area contributed by atoms with E-state index in [9.17, 15) is 4.79 Å². The van der Waals surface area contributed by atoms with Crippen molar-refractivity contribution in [2.45, 2.75) is 0 Å². The minimum absolute atomic E-state index is 0. The molecule has 0 saturated heterocycles. The van der Waals surface area contributed by atoms with E-state index in [4.69, 9.17) is 21.4 Å². The summed E-state index contributed by atoms with van der Waals surface area (Å²) in [5.74, 6) is 0.532. The van der Waals surface area contributed by atoms with Gasteiger partial charge in [0.2, 0.25) is 0 Å². The molecule has 1 heterocycles. The van der Waals surface area contributed by atoms with Gasteiger partial charge in [0, 0.05) is 5.39 Å². The van der Waals surface area contributed by atoms with Gasteiger partial charge < -0.3 is 42.9 Å². The number of benzene rings is 1. The van der Waals surface area contributed by atoms with E-state index in [1.807, 2.05) is 12.1 Å². The van der Waals surface area contributed by atoms with Crippen LogP contribution in [0.5, 0.6) is 5.75 Å². The van der Waals surface area contributed by atoms with Crippen LogP contribution in [0.1, 0.15) is 5.56 Å². The molecule has 0 aliphatic rings. The zero-order valence-corrected chi connectivity index (χ0v) is 16.7. The number of rotatable bonds is 5. The van der Waals surface area contributed by atoms with Crippen LogP contribution >= 0.6 is 12.2 Å². The third-order valence-electron chi connectivity index (χ3n) is 3.26. The first-order valence-corrected chi connectivity index (χ1v) is 7.42. The number of para-hydroxylation sites is 1. The molecule has 0 bridgehead atoms. The fraction of sp³-hybridized carbons (Fsp3) is 0.375. The first-order valence-electron chi connectivity index (χ1n) is 7.01. The summed E-state index contributed by atoms with van der Waals surface area (Å²) in [6.07, 6.45) is 0. The second-order valence-electron chi connectivity index (χ2n) is 6.10. The highest BCUT2D eigenvalue weighted by Gasteiger charge is 2.13. The van der Waals surface area contributed by atoms with E-state index in [0.29, 0.717) is 28.4 Å². The first kappa shape index (κ1) is 19.9. The van der Waals surface area contributed by atoms with Crippen LogP contribution in [-0.2, 0) is 0 Å². The molecule has 1 N–H and O–H groups in total. The quantitative estimate of drug-likeness (QED) is 0.269. The number of likely N-dealkylation sites (N-methyl/N-ethyl adjacent to an activating group) is 1. The van der Waals surface area contributed by atoms with Gasteiger partial charge in [0.25, 0.3) is 0 Å². The Morgan fingerprint density at radius 2 is 2.04 bits per heavy atom. The fourth-order valence-corrected chi connectivity index (χ4v) is 2.28. The van der Waals surface area contributed by atoms with E-state index < -0.39 is 5.63 Å². The maximum Gasteiger partial charge on any atom is 0.346 e. The molecular weight excluding hydrogens is 427 g/mol. The van der Waals surface area contributed by atoms with Crippen molar-refractivity contribution in [2.75, 3.05) is 41.3 Å². The van der Waals surface area contributed by atoms with Gasteiger partial charge in [-0.05, 0) is 12.1 Å². The van der Waals surface area contributed by atoms with Crippen LogP contribution in [-0.4, -0.2) is 50.8 Å². The number of nitrogens with zero attached hydrogens (tertiary/aromatic N) is 1. The Bertz CT molecular complexity index is 753. The number of methoxy groups -OCH3 is 1. The summed E-state index contributed by atoms with van der Waals surface area (Å²) in [7, 11) is 7.84. The van der Waals surface area contributed by atoms with Crippen molar-refractivity contribution in [1.82, 2.24) is 5.32 Å². The largest absolute Gasteiger partial charge is 1.00 e. The summed E-state index contributed by atoms with van der Waals surface area (Å²) in [5.41, 5.74) is 0.352. The molecule has 23 heavy (non-hydrogen) atoms. The van der Waals surface area contributed by atoms with Crippen LogP contribution in [0.4, 0.5) is 0 Å². The van der Waals surface area contributed by atoms with Crippen molar-refractivity contribution in [3.63, 3.8) is 0 Å². The first-order chi connectivity index (χ1) is 10.3. The molecule has 0 aliphatic carbocycles. The van der Waals surface area contributed by atoms with E-state index in [2.05, 4.69) is 26.5 Å². The van der Waals surface area contributed by atoms with Crippen LogP contribution in [0.15, 0.2) is 33.5 Å². The van der Waals surface area contributed by atoms with Crippen molar-refractivity contribution < 1.29 is 37.6 Å². The van der Waals surface area contributed by atoms with Gasteiger partial charge in [-0.1, -0.05) is 24.4 Å². The van der Waals surface area contributed by atoms with Crippen molar-refractivity contribution in [2.24, 2.45) is 0 Å². The van der Waals surface area contributed by atoms with Gasteiger partial charge in [0.05, 0.1) is 46.9 Å². The molecule has 5 nitrogen and oxygen atoms in total. The normalized spacial score (nSPS) is 11.0. The predicted molar refractivity (Wildman–Crippen MR) is 91.6 cm³/mol. The van der Waals surface area contributed by atoms with E-state index in [0.717, 1.165) is 16.4 Å². The van der Waals surface area contributed by atoms with Crippen molar-refractivity contribution in [3.8, 4) is 5.75 Å². The molecular formula is C16H21IN2O3S. The van der Waals surface area contributed by atoms with Crippen molar-refractivity contribution >= 4 is 28.2 Å². The standard InChI is InChI=1S/C16H20N2O3S.HI/c1-18(2,3)9-8-17-15(22)12-10-11-6-5-7-13(20-4)14(11)21-16(12)19;/h5-7,10H,8-9H2,1-4H3;1H. The number of ether oxygens (including phenoxy) is 1. The lowest BCUT2D eigenvalue weighted by Gasteiger charge is -2.24. The smallest absolute Gasteiger partial charge is 0.346 e. The summed E-state index contributed by atoms with van der Waals surface area (Å²) >= 11 is 5.31. The number of fused-ring (bicyclic) bond motifs is 1. The van der Waals surface area contributed by atoms with E-state index in [-0.39, 0.29) is 24.0 Å². The van der Waals surface area contributed by atoms with Crippen LogP contribution in [0.2, 0.25) is 0 Å². The van der Waals surface area contributed by atoms with Gasteiger partial charge in [0.15, 0.2) is 11.3 Å². The Labute approximate surface area is 158 Å². The molecule has 0 radical (unpaired) electrons. The van der Waals surface area contributed by atoms with Gasteiger partial charge in [0.1, 0.15) is 4.99 Å². The van der Waals surface area contributed by atoms with Crippen LogP contribution < -0.4 is 39.7 Å². The molecule has 0 amide bonds. The molecule has 0 saturated carbocycles. The van der Waals surface area contributed by atoms with E-state index >= 15 is 0 Å². The van der Waals surface area contributed by atoms with Crippen LogP contribution in [0.3, 0.4) is 0 Å². The molecule has 0 aliphatic heterocycles. The Morgan fingerprint density at radius 3 is 2.65 bits per heavy atom. The Kier molecular flexibility index (Phi) is 6.97. The number of thiocarbonyl (C=S) groups is 1. The maximum absolute atomic E-state index is 12.1. The monoisotopic (exact) mass is 448 g/mol. The minimum atomic E-state index is -0.459. The highest BCUT2D eigenvalue weighted by atomic mass is 127. The highest BCUT2D eigenvalue weighted by Crippen LogP contribution is 2.24. The van der Waals surface area contributed by atoms with Crippen LogP contribution in [0.25, 0.3) is 11.0 Å². The molecule has 0 atom stereocenters. The van der Waals surface area contributed by atoms with Crippen molar-refractivity contribution in [1.29, 1.82) is 0 Å². The van der Waals surface area contributed by atoms with Gasteiger partial charge in [-0.15, -0.1) is 0 Å². The molecule has 7 heteroatoms. The molecule has 1 aromatic heterocycles. The second-order valence-corrected chi connectivity index (χ2v) is 6.50. The van der Waals surface area contributed by atoms with E-state index in [1.54, 1.807) is 19.2 Å². The fourth-order valence-electron chi connectivity index (χ4n) is 2.04. The summed E-state index contributed by atoms with van der Waals surface area (Å²) in [6.45, 7) is 1.59. The third-order valence-corrected chi connectivity index (χ3v) is 3.62. The molecule has 126 valence electrons. The van der Waals surface area contributed by atoms with Gasteiger partial charge >= 0.3 is 5.63 Å². The molecule has 0 fully saturated rings. The zero-order valence-electron chi connectivity index (χ0n) is 13.7. The Balaban J connectivity index is 0.00000264. The summed E-state index contributed by atoms with van der Waals surface area (Å²) in [6, 6.07) is 7.20. The number of quaternary nitrogens is 1. The average molecular weight is 448 g/mol. The van der Waals surface area contributed by atoms with Crippen LogP contribution in [0, 0.1) is 0 Å². The number of hydrogen-bond acceptors (Lipinski definition) is 4. The Morgan fingerprint density at radius 1 is 1.35 bits per heavy atom. The number of halogens is 1. The molecule has 0 spiro atoms. The SMILES string of the molecule is COc1cccc2cc(C(=S)NCC[N+](C)(C)C)c(=O)oc12.[I-]. The average Bonchev–Trinajstić information content (AvgIpc) is 2.44. The molecule has 0 unspecified atom stereocenters. The number of hydrogen-bond donors (Lipinski definition) is 1. The number of nitrogens with one attached hydrogen (secondary N) is 1. The lowest BCUT2D eigenvalue weighted by molar-refractivity contribution is -0.869. The predicted octanol–water partition coefficient (Wildman–Crippen LogP) is -1.22. The maximum atomic E-state index is 12.1. The van der Waals surface area contributed by atoms with Gasteiger partial charge in [-0.25, -0.2) is 4.79 Å². The van der Waals surface area contributed by atoms with Gasteiger partial charge in [-0.2, -0.15) is 0 Å². The van der Waals surface area contributed by atoms with Gasteiger partial charge in [-0.3, -0.25) is 0 Å². The Hall–Kier alpha value is -1.19. The van der Waals surface area contributed by atoms with Crippen molar-refractivity contribution in [3.05, 3.63) is 40.2 Å². The minimum Gasteiger partial charge on any atom is -1.00 e. The molecule has 2 aromatic rings. The highest BCUT2D eigenvalue weighted by molar-refractivity contribution is 7.80. The zero-order chi connectivity index (χ0) is 16.3. The lowest BCUT2D eigenvalue weighted by Crippen LogP contribution is -3.00.